The van der Waals surface area contributed by atoms with Crippen LogP contribution in [0.1, 0.15) is 25.0 Å². The summed E-state index contributed by atoms with van der Waals surface area (Å²) in [5, 5.41) is 2.94. The zero-order chi connectivity index (χ0) is 16.7. The van der Waals surface area contributed by atoms with Crippen molar-refractivity contribution < 1.29 is 14.3 Å². The van der Waals surface area contributed by atoms with E-state index in [0.29, 0.717) is 12.4 Å². The third kappa shape index (κ3) is 4.74. The van der Waals surface area contributed by atoms with E-state index in [4.69, 9.17) is 9.47 Å². The van der Waals surface area contributed by atoms with Crippen LogP contribution in [0.5, 0.6) is 11.5 Å². The van der Waals surface area contributed by atoms with Crippen molar-refractivity contribution in [2.75, 3.05) is 18.5 Å². The molecule has 1 amide bonds. The fraction of sp³-hybridized carbons (Fsp3) is 0.316. The molecule has 0 aliphatic rings. The molecule has 0 atom stereocenters. The summed E-state index contributed by atoms with van der Waals surface area (Å²) in [7, 11) is 0. The van der Waals surface area contributed by atoms with E-state index in [1.54, 1.807) is 12.1 Å². The number of benzene rings is 2. The number of rotatable bonds is 7. The third-order valence-electron chi connectivity index (χ3n) is 3.51. The molecule has 2 rings (SSSR count). The fourth-order valence-electron chi connectivity index (χ4n) is 2.33. The Morgan fingerprint density at radius 3 is 2.26 bits per heavy atom. The van der Waals surface area contributed by atoms with Crippen molar-refractivity contribution >= 4 is 11.6 Å². The second-order valence-corrected chi connectivity index (χ2v) is 5.20. The van der Waals surface area contributed by atoms with Gasteiger partial charge < -0.3 is 14.8 Å². The van der Waals surface area contributed by atoms with Crippen LogP contribution in [-0.4, -0.2) is 19.1 Å². The van der Waals surface area contributed by atoms with E-state index in [-0.39, 0.29) is 12.5 Å². The molecular formula is C19H23NO3. The van der Waals surface area contributed by atoms with E-state index in [1.165, 1.54) is 0 Å². The number of carbonyl (C=O) groups is 1. The minimum Gasteiger partial charge on any atom is -0.494 e. The van der Waals surface area contributed by atoms with Crippen LogP contribution in [0.25, 0.3) is 0 Å². The number of hydrogen-bond donors (Lipinski definition) is 1. The van der Waals surface area contributed by atoms with E-state index < -0.39 is 0 Å². The van der Waals surface area contributed by atoms with Crippen LogP contribution in [0.2, 0.25) is 0 Å². The Morgan fingerprint density at radius 1 is 1.00 bits per heavy atom. The quantitative estimate of drug-likeness (QED) is 0.841. The fourth-order valence-corrected chi connectivity index (χ4v) is 2.33. The molecule has 4 heteroatoms. The number of anilines is 1. The molecular weight excluding hydrogens is 290 g/mol. The predicted octanol–water partition coefficient (Wildman–Crippen LogP) is 3.97. The highest BCUT2D eigenvalue weighted by Gasteiger charge is 2.09. The van der Waals surface area contributed by atoms with Crippen molar-refractivity contribution in [2.45, 2.75) is 27.2 Å². The molecule has 0 aromatic heterocycles. The second-order valence-electron chi connectivity index (χ2n) is 5.20. The van der Waals surface area contributed by atoms with Crippen molar-refractivity contribution in [2.24, 2.45) is 0 Å². The van der Waals surface area contributed by atoms with Gasteiger partial charge in [0.2, 0.25) is 0 Å². The molecule has 0 saturated carbocycles. The first-order chi connectivity index (χ1) is 11.1. The van der Waals surface area contributed by atoms with Gasteiger partial charge in [0.25, 0.3) is 5.91 Å². The molecule has 23 heavy (non-hydrogen) atoms. The Hall–Kier alpha value is -2.49. The summed E-state index contributed by atoms with van der Waals surface area (Å²) in [6, 6.07) is 13.3. The molecule has 0 spiro atoms. The average Bonchev–Trinajstić information content (AvgIpc) is 2.56. The molecule has 4 nitrogen and oxygen atoms in total. The lowest BCUT2D eigenvalue weighted by Gasteiger charge is -2.13. The molecule has 0 radical (unpaired) electrons. The van der Waals surface area contributed by atoms with Crippen LogP contribution in [0, 0.1) is 6.92 Å². The summed E-state index contributed by atoms with van der Waals surface area (Å²) in [6.45, 7) is 6.60. The zero-order valence-electron chi connectivity index (χ0n) is 13.9. The van der Waals surface area contributed by atoms with Gasteiger partial charge in [0, 0.05) is 5.69 Å². The number of amides is 1. The first-order valence-electron chi connectivity index (χ1n) is 7.88. The number of para-hydroxylation sites is 1. The van der Waals surface area contributed by atoms with Crippen molar-refractivity contribution in [1.82, 2.24) is 0 Å². The van der Waals surface area contributed by atoms with Gasteiger partial charge in [-0.25, -0.2) is 0 Å². The van der Waals surface area contributed by atoms with Crippen LogP contribution in [-0.2, 0) is 11.2 Å². The monoisotopic (exact) mass is 313 g/mol. The molecule has 2 aromatic carbocycles. The second kappa shape index (κ2) is 8.22. The Balaban J connectivity index is 1.93. The number of carbonyl (C=O) groups excluding carboxylic acids is 1. The van der Waals surface area contributed by atoms with Crippen LogP contribution in [0.3, 0.4) is 0 Å². The lowest BCUT2D eigenvalue weighted by Crippen LogP contribution is -2.21. The van der Waals surface area contributed by atoms with Gasteiger partial charge >= 0.3 is 0 Å². The van der Waals surface area contributed by atoms with Gasteiger partial charge in [-0.3, -0.25) is 4.79 Å². The summed E-state index contributed by atoms with van der Waals surface area (Å²) in [5.74, 6) is 1.27. The summed E-state index contributed by atoms with van der Waals surface area (Å²) in [5.41, 5.74) is 3.06. The average molecular weight is 313 g/mol. The molecule has 0 unspecified atom stereocenters. The maximum Gasteiger partial charge on any atom is 0.262 e. The molecule has 0 aliphatic carbocycles. The van der Waals surface area contributed by atoms with Crippen LogP contribution in [0.4, 0.5) is 5.69 Å². The Labute approximate surface area is 137 Å². The molecule has 2 aromatic rings. The van der Waals surface area contributed by atoms with E-state index >= 15 is 0 Å². The maximum absolute atomic E-state index is 12.1. The van der Waals surface area contributed by atoms with Gasteiger partial charge in [-0.1, -0.05) is 25.1 Å². The molecule has 0 saturated heterocycles. The normalized spacial score (nSPS) is 10.2. The Kier molecular flexibility index (Phi) is 6.03. The Bertz CT molecular complexity index is 650. The first-order valence-corrected chi connectivity index (χ1v) is 7.88. The third-order valence-corrected chi connectivity index (χ3v) is 3.51. The minimum atomic E-state index is -0.164. The van der Waals surface area contributed by atoms with Crippen molar-refractivity contribution in [3.63, 3.8) is 0 Å². The van der Waals surface area contributed by atoms with Gasteiger partial charge in [0.15, 0.2) is 6.61 Å². The number of aryl methyl sites for hydroxylation is 2. The maximum atomic E-state index is 12.1. The smallest absolute Gasteiger partial charge is 0.262 e. The predicted molar refractivity (Wildman–Crippen MR) is 92.3 cm³/mol. The highest BCUT2D eigenvalue weighted by Crippen LogP contribution is 2.21. The lowest BCUT2D eigenvalue weighted by atomic mass is 10.1. The van der Waals surface area contributed by atoms with Crippen LogP contribution >= 0.6 is 0 Å². The first kappa shape index (κ1) is 16.9. The van der Waals surface area contributed by atoms with Crippen LogP contribution in [0.15, 0.2) is 42.5 Å². The van der Waals surface area contributed by atoms with Crippen molar-refractivity contribution in [1.29, 1.82) is 0 Å². The SMILES string of the molecule is CCOc1ccc(OCC(=O)Nc2c(C)cccc2CC)cc1. The van der Waals surface area contributed by atoms with E-state index in [9.17, 15) is 4.79 Å². The number of ether oxygens (including phenoxy) is 2. The minimum absolute atomic E-state index is 0.0224. The highest BCUT2D eigenvalue weighted by atomic mass is 16.5. The number of hydrogen-bond acceptors (Lipinski definition) is 3. The van der Waals surface area contributed by atoms with Gasteiger partial charge in [0.1, 0.15) is 11.5 Å². The lowest BCUT2D eigenvalue weighted by molar-refractivity contribution is -0.118. The van der Waals surface area contributed by atoms with E-state index in [2.05, 4.69) is 12.2 Å². The largest absolute Gasteiger partial charge is 0.494 e. The molecule has 122 valence electrons. The van der Waals surface area contributed by atoms with Crippen LogP contribution < -0.4 is 14.8 Å². The van der Waals surface area contributed by atoms with Gasteiger partial charge in [-0.15, -0.1) is 0 Å². The number of nitrogens with one attached hydrogen (secondary N) is 1. The highest BCUT2D eigenvalue weighted by molar-refractivity contribution is 5.93. The topological polar surface area (TPSA) is 47.6 Å². The summed E-state index contributed by atoms with van der Waals surface area (Å²) < 4.78 is 10.9. The summed E-state index contributed by atoms with van der Waals surface area (Å²) >= 11 is 0. The molecule has 0 bridgehead atoms. The summed E-state index contributed by atoms with van der Waals surface area (Å²) in [4.78, 5) is 12.1. The van der Waals surface area contributed by atoms with Crippen molar-refractivity contribution in [3.8, 4) is 11.5 Å². The van der Waals surface area contributed by atoms with E-state index in [1.807, 2.05) is 44.2 Å². The van der Waals surface area contributed by atoms with Gasteiger partial charge in [-0.2, -0.15) is 0 Å². The Morgan fingerprint density at radius 2 is 1.65 bits per heavy atom. The van der Waals surface area contributed by atoms with E-state index in [0.717, 1.165) is 29.0 Å². The summed E-state index contributed by atoms with van der Waals surface area (Å²) in [6.07, 6.45) is 0.872. The molecule has 0 heterocycles. The van der Waals surface area contributed by atoms with Gasteiger partial charge in [-0.05, 0) is 55.7 Å². The molecule has 0 aliphatic heterocycles. The van der Waals surface area contributed by atoms with Crippen molar-refractivity contribution in [3.05, 3.63) is 53.6 Å². The van der Waals surface area contributed by atoms with Gasteiger partial charge in [0.05, 0.1) is 6.61 Å². The zero-order valence-corrected chi connectivity index (χ0v) is 13.9. The molecule has 0 fully saturated rings. The standard InChI is InChI=1S/C19H23NO3/c1-4-15-8-6-7-14(3)19(15)20-18(21)13-23-17-11-9-16(10-12-17)22-5-2/h6-12H,4-5,13H2,1-3H3,(H,20,21). The molecule has 1 N–H and O–H groups in total.